The van der Waals surface area contributed by atoms with Crippen LogP contribution in [-0.4, -0.2) is 70.8 Å². The lowest BCUT2D eigenvalue weighted by molar-refractivity contribution is -0.239. The molecule has 1 fully saturated rings. The first-order valence-corrected chi connectivity index (χ1v) is 16.1. The van der Waals surface area contributed by atoms with Crippen LogP contribution in [0.4, 0.5) is 0 Å². The van der Waals surface area contributed by atoms with Crippen molar-refractivity contribution < 1.29 is 28.5 Å². The van der Waals surface area contributed by atoms with Crippen molar-refractivity contribution in [1.29, 1.82) is 0 Å². The van der Waals surface area contributed by atoms with E-state index < -0.39 is 40.7 Å². The molecule has 0 saturated carbocycles. The van der Waals surface area contributed by atoms with Crippen LogP contribution in [0.3, 0.4) is 0 Å². The molecule has 0 aromatic carbocycles. The van der Waals surface area contributed by atoms with Gasteiger partial charge in [0.1, 0.15) is 12.2 Å². The van der Waals surface area contributed by atoms with Crippen LogP contribution < -0.4 is 0 Å². The number of rotatable bonds is 8. The van der Waals surface area contributed by atoms with Gasteiger partial charge in [-0.05, 0) is 43.2 Å². The zero-order valence-corrected chi connectivity index (χ0v) is 21.9. The monoisotopic (exact) mass is 436 g/mol. The maximum atomic E-state index is 11.3. The lowest BCUT2D eigenvalue weighted by atomic mass is 10.0. The topological polar surface area (TPSA) is 77.4 Å². The molecule has 2 N–H and O–H groups in total. The summed E-state index contributed by atoms with van der Waals surface area (Å²) in [6.07, 6.45) is -2.48. The van der Waals surface area contributed by atoms with Gasteiger partial charge in [0, 0.05) is 0 Å². The third-order valence-electron chi connectivity index (χ3n) is 6.74. The number of ether oxygens (including phenoxy) is 2. The minimum atomic E-state index is -2.26. The van der Waals surface area contributed by atoms with Gasteiger partial charge in [-0.15, -0.1) is 0 Å². The number of hydrogen-bond acceptors (Lipinski definition) is 6. The van der Waals surface area contributed by atoms with E-state index >= 15 is 0 Å². The standard InChI is InChI=1S/C20H44O6Si2/c1-18(2,3)27(8,9)25-15(14-21)16(26-28(10,11)19(4,5)6)17(22)20(7)23-12-13-24-20/h15-17,21-22H,12-14H2,1-11H3/t15-,16+,17-/m1/s1. The van der Waals surface area contributed by atoms with Crippen LogP contribution in [-0.2, 0) is 18.3 Å². The zero-order valence-electron chi connectivity index (χ0n) is 19.9. The molecule has 1 aliphatic rings. The number of aliphatic hydroxyl groups excluding tert-OH is 2. The minimum Gasteiger partial charge on any atom is -0.409 e. The summed E-state index contributed by atoms with van der Waals surface area (Å²) in [4.78, 5) is 0. The summed E-state index contributed by atoms with van der Waals surface area (Å²) < 4.78 is 24.6. The van der Waals surface area contributed by atoms with E-state index in [0.717, 1.165) is 0 Å². The van der Waals surface area contributed by atoms with Gasteiger partial charge in [0.2, 0.25) is 0 Å². The molecule has 28 heavy (non-hydrogen) atoms. The molecule has 0 aliphatic carbocycles. The van der Waals surface area contributed by atoms with Gasteiger partial charge in [0.15, 0.2) is 22.4 Å². The predicted molar refractivity (Wildman–Crippen MR) is 118 cm³/mol. The fourth-order valence-electron chi connectivity index (χ4n) is 2.62. The van der Waals surface area contributed by atoms with Crippen LogP contribution in [0.15, 0.2) is 0 Å². The first-order chi connectivity index (χ1) is 12.4. The van der Waals surface area contributed by atoms with Gasteiger partial charge in [-0.2, -0.15) is 0 Å². The van der Waals surface area contributed by atoms with Crippen molar-refractivity contribution in [2.24, 2.45) is 0 Å². The molecule has 0 unspecified atom stereocenters. The Balaban J connectivity index is 3.27. The predicted octanol–water partition coefficient (Wildman–Crippen LogP) is 3.88. The fraction of sp³-hybridized carbons (Fsp3) is 1.00. The van der Waals surface area contributed by atoms with Gasteiger partial charge in [-0.25, -0.2) is 0 Å². The van der Waals surface area contributed by atoms with Crippen molar-refractivity contribution in [3.63, 3.8) is 0 Å². The van der Waals surface area contributed by atoms with Crippen LogP contribution in [0.25, 0.3) is 0 Å². The Morgan fingerprint density at radius 1 is 0.893 bits per heavy atom. The summed E-state index contributed by atoms with van der Waals surface area (Å²) in [6, 6.07) is 0. The molecule has 8 heteroatoms. The summed E-state index contributed by atoms with van der Waals surface area (Å²) >= 11 is 0. The first-order valence-electron chi connectivity index (χ1n) is 10.3. The Bertz CT molecular complexity index is 504. The van der Waals surface area contributed by atoms with Crippen LogP contribution in [0.2, 0.25) is 36.3 Å². The van der Waals surface area contributed by atoms with E-state index in [4.69, 9.17) is 18.3 Å². The summed E-state index contributed by atoms with van der Waals surface area (Å²) in [5.74, 6) is -1.17. The lowest BCUT2D eigenvalue weighted by Crippen LogP contribution is -2.61. The van der Waals surface area contributed by atoms with Crippen molar-refractivity contribution in [1.82, 2.24) is 0 Å². The SMILES string of the molecule is CC1([C@H](O)[C@@H](O[Si](C)(C)C(C)(C)C)[C@@H](CO)O[Si](C)(C)C(C)(C)C)OCCO1. The van der Waals surface area contributed by atoms with Gasteiger partial charge in [0.05, 0.1) is 25.9 Å². The maximum absolute atomic E-state index is 11.3. The zero-order chi connectivity index (χ0) is 22.2. The number of aliphatic hydroxyl groups is 2. The van der Waals surface area contributed by atoms with E-state index in [1.807, 2.05) is 0 Å². The van der Waals surface area contributed by atoms with Gasteiger partial charge < -0.3 is 28.5 Å². The molecule has 0 radical (unpaired) electrons. The Morgan fingerprint density at radius 3 is 1.64 bits per heavy atom. The first kappa shape index (κ1) is 26.2. The molecule has 3 atom stereocenters. The van der Waals surface area contributed by atoms with E-state index in [9.17, 15) is 10.2 Å². The Hall–Kier alpha value is 0.194. The molecule has 1 saturated heterocycles. The highest BCUT2D eigenvalue weighted by Gasteiger charge is 2.52. The van der Waals surface area contributed by atoms with E-state index in [0.29, 0.717) is 13.2 Å². The quantitative estimate of drug-likeness (QED) is 0.562. The fourth-order valence-corrected chi connectivity index (χ4v) is 5.26. The molecule has 0 spiro atoms. The van der Waals surface area contributed by atoms with Crippen molar-refractivity contribution in [3.05, 3.63) is 0 Å². The summed E-state index contributed by atoms with van der Waals surface area (Å²) in [7, 11) is -4.46. The molecule has 1 aliphatic heterocycles. The third-order valence-corrected chi connectivity index (χ3v) is 15.7. The molecular weight excluding hydrogens is 392 g/mol. The lowest BCUT2D eigenvalue weighted by Gasteiger charge is -2.47. The number of hydrogen-bond donors (Lipinski definition) is 2. The summed E-state index contributed by atoms with van der Waals surface area (Å²) in [5, 5.41) is 21.4. The molecule has 6 nitrogen and oxygen atoms in total. The van der Waals surface area contributed by atoms with Gasteiger partial charge in [0.25, 0.3) is 0 Å². The van der Waals surface area contributed by atoms with Crippen molar-refractivity contribution in [2.45, 2.75) is 109 Å². The van der Waals surface area contributed by atoms with Crippen LogP contribution in [0.1, 0.15) is 48.5 Å². The molecule has 1 heterocycles. The second kappa shape index (κ2) is 8.74. The Kier molecular flexibility index (Phi) is 8.19. The third kappa shape index (κ3) is 5.88. The Labute approximate surface area is 174 Å². The van der Waals surface area contributed by atoms with E-state index in [-0.39, 0.29) is 16.7 Å². The van der Waals surface area contributed by atoms with Crippen LogP contribution in [0.5, 0.6) is 0 Å². The van der Waals surface area contributed by atoms with Gasteiger partial charge >= 0.3 is 0 Å². The molecule has 1 rings (SSSR count). The molecule has 0 bridgehead atoms. The largest absolute Gasteiger partial charge is 0.409 e. The van der Waals surface area contributed by atoms with Crippen LogP contribution in [0, 0.1) is 0 Å². The molecular formula is C20H44O6Si2. The normalized spacial score (nSPS) is 22.2. The van der Waals surface area contributed by atoms with E-state index in [1.54, 1.807) is 6.92 Å². The molecule has 0 aromatic rings. The van der Waals surface area contributed by atoms with Gasteiger partial charge in [-0.3, -0.25) is 0 Å². The second-order valence-corrected chi connectivity index (χ2v) is 20.6. The Morgan fingerprint density at radius 2 is 1.29 bits per heavy atom. The van der Waals surface area contributed by atoms with E-state index in [2.05, 4.69) is 67.7 Å². The summed E-state index contributed by atoms with van der Waals surface area (Å²) in [5.41, 5.74) is 0. The maximum Gasteiger partial charge on any atom is 0.194 e. The highest BCUT2D eigenvalue weighted by molar-refractivity contribution is 6.74. The van der Waals surface area contributed by atoms with Crippen molar-refractivity contribution in [3.8, 4) is 0 Å². The van der Waals surface area contributed by atoms with Crippen molar-refractivity contribution in [2.75, 3.05) is 19.8 Å². The molecule has 168 valence electrons. The highest BCUT2D eigenvalue weighted by Crippen LogP contribution is 2.42. The molecule has 0 amide bonds. The summed E-state index contributed by atoms with van der Waals surface area (Å²) in [6.45, 7) is 23.8. The van der Waals surface area contributed by atoms with E-state index in [1.165, 1.54) is 0 Å². The minimum absolute atomic E-state index is 0.0306. The smallest absolute Gasteiger partial charge is 0.194 e. The van der Waals surface area contributed by atoms with Crippen LogP contribution >= 0.6 is 0 Å². The molecule has 0 aromatic heterocycles. The van der Waals surface area contributed by atoms with Crippen molar-refractivity contribution >= 4 is 16.6 Å². The second-order valence-electron chi connectivity index (χ2n) is 11.1. The highest BCUT2D eigenvalue weighted by atomic mass is 28.4. The average molecular weight is 437 g/mol. The van der Waals surface area contributed by atoms with Gasteiger partial charge in [-0.1, -0.05) is 41.5 Å². The average Bonchev–Trinajstić information content (AvgIpc) is 2.95.